The molecule has 6 heteroatoms. The second-order valence-corrected chi connectivity index (χ2v) is 3.98. The van der Waals surface area contributed by atoms with Gasteiger partial charge < -0.3 is 14.6 Å². The van der Waals surface area contributed by atoms with Crippen molar-refractivity contribution in [2.45, 2.75) is 13.1 Å². The molecule has 0 unspecified atom stereocenters. The van der Waals surface area contributed by atoms with Crippen LogP contribution in [0.1, 0.15) is 11.1 Å². The molecule has 0 aliphatic heterocycles. The Morgan fingerprint density at radius 1 is 1.25 bits per heavy atom. The van der Waals surface area contributed by atoms with E-state index in [1.165, 1.54) is 0 Å². The van der Waals surface area contributed by atoms with Crippen LogP contribution < -0.4 is 4.74 Å². The molecule has 0 fully saturated rings. The van der Waals surface area contributed by atoms with Crippen molar-refractivity contribution in [3.05, 3.63) is 29.3 Å². The van der Waals surface area contributed by atoms with Gasteiger partial charge in [-0.3, -0.25) is 0 Å². The van der Waals surface area contributed by atoms with Crippen LogP contribution in [-0.4, -0.2) is 37.7 Å². The van der Waals surface area contributed by atoms with E-state index in [0.29, 0.717) is 11.3 Å². The van der Waals surface area contributed by atoms with Crippen molar-refractivity contribution in [1.29, 1.82) is 0 Å². The zero-order valence-electron chi connectivity index (χ0n) is 11.0. The summed E-state index contributed by atoms with van der Waals surface area (Å²) < 4.78 is 45.3. The highest BCUT2D eigenvalue weighted by Crippen LogP contribution is 2.19. The summed E-state index contributed by atoms with van der Waals surface area (Å²) in [5, 5.41) is 8.67. The predicted octanol–water partition coefficient (Wildman–Crippen LogP) is 2.30. The van der Waals surface area contributed by atoms with Crippen molar-refractivity contribution in [3.8, 4) is 17.6 Å². The molecule has 0 saturated carbocycles. The summed E-state index contributed by atoms with van der Waals surface area (Å²) in [7, 11) is 0. The number of benzene rings is 1. The van der Waals surface area contributed by atoms with Crippen LogP contribution in [0.3, 0.4) is 0 Å². The minimum absolute atomic E-state index is 0.00700. The molecule has 110 valence electrons. The second kappa shape index (κ2) is 7.78. The molecule has 0 spiro atoms. The molecule has 1 aromatic carbocycles. The minimum atomic E-state index is -4.33. The molecule has 0 saturated heterocycles. The summed E-state index contributed by atoms with van der Waals surface area (Å²) in [6.07, 6.45) is -4.33. The molecule has 0 bridgehead atoms. The van der Waals surface area contributed by atoms with Crippen LogP contribution in [0.2, 0.25) is 0 Å². The van der Waals surface area contributed by atoms with E-state index in [9.17, 15) is 13.2 Å². The maximum Gasteiger partial charge on any atom is 0.411 e. The highest BCUT2D eigenvalue weighted by atomic mass is 19.4. The summed E-state index contributed by atoms with van der Waals surface area (Å²) in [6, 6.07) is 5.26. The van der Waals surface area contributed by atoms with E-state index in [4.69, 9.17) is 9.84 Å². The fraction of sp³-hybridized carbons (Fsp3) is 0.429. The van der Waals surface area contributed by atoms with Crippen LogP contribution in [0.25, 0.3) is 0 Å². The molecule has 0 amide bonds. The van der Waals surface area contributed by atoms with Gasteiger partial charge in [-0.05, 0) is 24.6 Å². The SMILES string of the molecule is Cc1ccc(OCCOCC(F)(F)F)c(C#CCO)c1. The number of ether oxygens (including phenoxy) is 2. The fourth-order valence-corrected chi connectivity index (χ4v) is 1.40. The lowest BCUT2D eigenvalue weighted by atomic mass is 10.1. The van der Waals surface area contributed by atoms with E-state index in [-0.39, 0.29) is 19.8 Å². The minimum Gasteiger partial charge on any atom is -0.490 e. The summed E-state index contributed by atoms with van der Waals surface area (Å²) in [5.74, 6) is 5.67. The van der Waals surface area contributed by atoms with Crippen molar-refractivity contribution in [1.82, 2.24) is 0 Å². The van der Waals surface area contributed by atoms with Gasteiger partial charge in [0.15, 0.2) is 0 Å². The average molecular weight is 288 g/mol. The first kappa shape index (κ1) is 16.3. The molecule has 0 aliphatic carbocycles. The number of alkyl halides is 3. The van der Waals surface area contributed by atoms with E-state index in [0.717, 1.165) is 5.56 Å². The van der Waals surface area contributed by atoms with Gasteiger partial charge in [-0.25, -0.2) is 0 Å². The summed E-state index contributed by atoms with van der Waals surface area (Å²) in [6.45, 7) is 0.136. The van der Waals surface area contributed by atoms with Gasteiger partial charge in [-0.2, -0.15) is 13.2 Å². The van der Waals surface area contributed by atoms with Crippen molar-refractivity contribution in [2.75, 3.05) is 26.4 Å². The quantitative estimate of drug-likeness (QED) is 0.667. The van der Waals surface area contributed by atoms with Gasteiger partial charge in [0.1, 0.15) is 25.6 Å². The number of aliphatic hydroxyl groups is 1. The average Bonchev–Trinajstić information content (AvgIpc) is 2.36. The van der Waals surface area contributed by atoms with Gasteiger partial charge in [0.05, 0.1) is 12.2 Å². The van der Waals surface area contributed by atoms with Gasteiger partial charge in [-0.1, -0.05) is 17.9 Å². The molecular formula is C14H15F3O3. The number of hydrogen-bond acceptors (Lipinski definition) is 3. The molecule has 1 rings (SSSR count). The summed E-state index contributed by atoms with van der Waals surface area (Å²) in [5.41, 5.74) is 1.54. The number of halogens is 3. The van der Waals surface area contributed by atoms with Crippen molar-refractivity contribution in [3.63, 3.8) is 0 Å². The zero-order valence-corrected chi connectivity index (χ0v) is 11.0. The van der Waals surface area contributed by atoms with E-state index in [1.807, 2.05) is 6.92 Å². The third-order valence-corrected chi connectivity index (χ3v) is 2.19. The number of rotatable bonds is 5. The number of aliphatic hydroxyl groups excluding tert-OH is 1. The van der Waals surface area contributed by atoms with E-state index in [1.54, 1.807) is 18.2 Å². The summed E-state index contributed by atoms with van der Waals surface area (Å²) >= 11 is 0. The first-order chi connectivity index (χ1) is 9.42. The molecule has 1 N–H and O–H groups in total. The standard InChI is InChI=1S/C14H15F3O3/c1-11-4-5-13(12(9-11)3-2-6-18)20-8-7-19-10-14(15,16)17/h4-5,9,18H,6-8,10H2,1H3. The van der Waals surface area contributed by atoms with Gasteiger partial charge in [0.25, 0.3) is 0 Å². The third kappa shape index (κ3) is 6.45. The molecule has 0 aromatic heterocycles. The lowest BCUT2D eigenvalue weighted by Crippen LogP contribution is -2.19. The number of hydrogen-bond donors (Lipinski definition) is 1. The number of aryl methyl sites for hydroxylation is 1. The Bertz CT molecular complexity index is 487. The van der Waals surface area contributed by atoms with Gasteiger partial charge in [0, 0.05) is 0 Å². The Kier molecular flexibility index (Phi) is 6.36. The van der Waals surface area contributed by atoms with Gasteiger partial charge in [-0.15, -0.1) is 0 Å². The highest BCUT2D eigenvalue weighted by molar-refractivity contribution is 5.48. The second-order valence-electron chi connectivity index (χ2n) is 3.98. The molecule has 3 nitrogen and oxygen atoms in total. The van der Waals surface area contributed by atoms with Crippen molar-refractivity contribution in [2.24, 2.45) is 0 Å². The first-order valence-corrected chi connectivity index (χ1v) is 5.90. The normalized spacial score (nSPS) is 10.8. The van der Waals surface area contributed by atoms with Gasteiger partial charge in [0.2, 0.25) is 0 Å². The molecule has 1 aromatic rings. The van der Waals surface area contributed by atoms with Crippen LogP contribution in [0.4, 0.5) is 13.2 Å². The first-order valence-electron chi connectivity index (χ1n) is 5.90. The highest BCUT2D eigenvalue weighted by Gasteiger charge is 2.27. The Labute approximate surface area is 115 Å². The third-order valence-electron chi connectivity index (χ3n) is 2.19. The lowest BCUT2D eigenvalue weighted by Gasteiger charge is -2.10. The Balaban J connectivity index is 2.51. The zero-order chi connectivity index (χ0) is 15.0. The van der Waals surface area contributed by atoms with Gasteiger partial charge >= 0.3 is 6.18 Å². The molecule has 0 atom stereocenters. The monoisotopic (exact) mass is 288 g/mol. The van der Waals surface area contributed by atoms with Crippen molar-refractivity contribution < 1.29 is 27.8 Å². The fourth-order valence-electron chi connectivity index (χ4n) is 1.40. The maximum absolute atomic E-state index is 11.8. The van der Waals surface area contributed by atoms with Crippen LogP contribution in [-0.2, 0) is 4.74 Å². The molecule has 0 heterocycles. The molecule has 0 aliphatic rings. The maximum atomic E-state index is 11.8. The molecular weight excluding hydrogens is 273 g/mol. The van der Waals surface area contributed by atoms with Crippen LogP contribution in [0.15, 0.2) is 18.2 Å². The van der Waals surface area contributed by atoms with E-state index in [2.05, 4.69) is 16.6 Å². The lowest BCUT2D eigenvalue weighted by molar-refractivity contribution is -0.175. The Morgan fingerprint density at radius 3 is 2.65 bits per heavy atom. The van der Waals surface area contributed by atoms with Crippen molar-refractivity contribution >= 4 is 0 Å². The Hall–Kier alpha value is -1.71. The predicted molar refractivity (Wildman–Crippen MR) is 67.5 cm³/mol. The Morgan fingerprint density at radius 2 is 2.00 bits per heavy atom. The molecule has 0 radical (unpaired) electrons. The van der Waals surface area contributed by atoms with Crippen LogP contribution in [0.5, 0.6) is 5.75 Å². The van der Waals surface area contributed by atoms with Crippen LogP contribution in [0, 0.1) is 18.8 Å². The van der Waals surface area contributed by atoms with E-state index >= 15 is 0 Å². The topological polar surface area (TPSA) is 38.7 Å². The largest absolute Gasteiger partial charge is 0.490 e. The smallest absolute Gasteiger partial charge is 0.411 e. The van der Waals surface area contributed by atoms with Crippen LogP contribution >= 0.6 is 0 Å². The summed E-state index contributed by atoms with van der Waals surface area (Å²) in [4.78, 5) is 0. The van der Waals surface area contributed by atoms with E-state index < -0.39 is 12.8 Å². The molecule has 20 heavy (non-hydrogen) atoms.